The zero-order chi connectivity index (χ0) is 13.9. The molecule has 4 nitrogen and oxygen atoms in total. The Morgan fingerprint density at radius 3 is 2.75 bits per heavy atom. The molecule has 0 fully saturated rings. The van der Waals surface area contributed by atoms with Crippen molar-refractivity contribution in [3.63, 3.8) is 0 Å². The number of fused-ring (bicyclic) bond motifs is 1. The van der Waals surface area contributed by atoms with Crippen LogP contribution in [0, 0.1) is 0 Å². The molecular formula is C16H16N2O2. The van der Waals surface area contributed by atoms with Crippen LogP contribution in [0.25, 0.3) is 0 Å². The van der Waals surface area contributed by atoms with Crippen molar-refractivity contribution in [1.82, 2.24) is 9.88 Å². The number of carbonyl (C=O) groups is 1. The number of carboxylic acid groups (broad SMARTS) is 1. The second-order valence-corrected chi connectivity index (χ2v) is 5.00. The summed E-state index contributed by atoms with van der Waals surface area (Å²) in [4.78, 5) is 17.2. The monoisotopic (exact) mass is 268 g/mol. The SMILES string of the molecule is O=C(O)CN1CCc2ccccc2[C@H]1c1ccncc1. The van der Waals surface area contributed by atoms with Gasteiger partial charge in [0.2, 0.25) is 0 Å². The molecule has 3 rings (SSSR count). The Bertz CT molecular complexity index is 613. The Kier molecular flexibility index (Phi) is 3.48. The Hall–Kier alpha value is -2.20. The number of aromatic nitrogens is 1. The molecule has 2 heterocycles. The predicted molar refractivity (Wildman–Crippen MR) is 75.4 cm³/mol. The van der Waals surface area contributed by atoms with Gasteiger partial charge in [0.25, 0.3) is 0 Å². The van der Waals surface area contributed by atoms with E-state index in [9.17, 15) is 4.79 Å². The summed E-state index contributed by atoms with van der Waals surface area (Å²) in [6.07, 6.45) is 4.40. The van der Waals surface area contributed by atoms with Crippen molar-refractivity contribution < 1.29 is 9.90 Å². The fraction of sp³-hybridized carbons (Fsp3) is 0.250. The van der Waals surface area contributed by atoms with Gasteiger partial charge in [-0.05, 0) is 35.2 Å². The Morgan fingerprint density at radius 2 is 2.00 bits per heavy atom. The lowest BCUT2D eigenvalue weighted by atomic mass is 9.88. The molecule has 1 aliphatic heterocycles. The Morgan fingerprint density at radius 1 is 1.25 bits per heavy atom. The van der Waals surface area contributed by atoms with E-state index in [1.54, 1.807) is 12.4 Å². The number of rotatable bonds is 3. The van der Waals surface area contributed by atoms with Gasteiger partial charge in [-0.15, -0.1) is 0 Å². The first-order valence-corrected chi connectivity index (χ1v) is 6.69. The van der Waals surface area contributed by atoms with Gasteiger partial charge >= 0.3 is 5.97 Å². The molecule has 102 valence electrons. The second kappa shape index (κ2) is 5.43. The maximum absolute atomic E-state index is 11.1. The van der Waals surface area contributed by atoms with Crippen molar-refractivity contribution in [2.75, 3.05) is 13.1 Å². The molecule has 1 aromatic heterocycles. The van der Waals surface area contributed by atoms with Crippen LogP contribution in [0.15, 0.2) is 48.8 Å². The van der Waals surface area contributed by atoms with E-state index < -0.39 is 5.97 Å². The summed E-state index contributed by atoms with van der Waals surface area (Å²) in [5.41, 5.74) is 3.59. The minimum absolute atomic E-state index is 0.000880. The maximum Gasteiger partial charge on any atom is 0.317 e. The van der Waals surface area contributed by atoms with Crippen LogP contribution in [0.3, 0.4) is 0 Å². The van der Waals surface area contributed by atoms with Crippen molar-refractivity contribution in [3.05, 3.63) is 65.5 Å². The third-order valence-corrected chi connectivity index (χ3v) is 3.74. The summed E-state index contributed by atoms with van der Waals surface area (Å²) in [5.74, 6) is -0.788. The number of nitrogens with zero attached hydrogens (tertiary/aromatic N) is 2. The van der Waals surface area contributed by atoms with E-state index in [1.165, 1.54) is 11.1 Å². The molecule has 1 aromatic carbocycles. The average Bonchev–Trinajstić information content (AvgIpc) is 2.47. The van der Waals surface area contributed by atoms with E-state index in [4.69, 9.17) is 5.11 Å². The summed E-state index contributed by atoms with van der Waals surface area (Å²) in [5, 5.41) is 9.12. The lowest BCUT2D eigenvalue weighted by molar-refractivity contribution is -0.138. The quantitative estimate of drug-likeness (QED) is 0.926. The molecule has 2 aromatic rings. The van der Waals surface area contributed by atoms with Gasteiger partial charge in [-0.25, -0.2) is 0 Å². The molecule has 20 heavy (non-hydrogen) atoms. The number of benzene rings is 1. The molecule has 4 heteroatoms. The second-order valence-electron chi connectivity index (χ2n) is 5.00. The average molecular weight is 268 g/mol. The molecule has 0 saturated heterocycles. The van der Waals surface area contributed by atoms with Gasteiger partial charge in [0.1, 0.15) is 0 Å². The highest BCUT2D eigenvalue weighted by molar-refractivity contribution is 5.69. The highest BCUT2D eigenvalue weighted by Gasteiger charge is 2.29. The smallest absolute Gasteiger partial charge is 0.317 e. The topological polar surface area (TPSA) is 53.4 Å². The van der Waals surface area contributed by atoms with E-state index in [0.717, 1.165) is 18.5 Å². The summed E-state index contributed by atoms with van der Waals surface area (Å²) < 4.78 is 0. The summed E-state index contributed by atoms with van der Waals surface area (Å²) >= 11 is 0. The molecule has 0 aliphatic carbocycles. The summed E-state index contributed by atoms with van der Waals surface area (Å²) in [6.45, 7) is 0.817. The highest BCUT2D eigenvalue weighted by atomic mass is 16.4. The summed E-state index contributed by atoms with van der Waals surface area (Å²) in [6, 6.07) is 12.2. The van der Waals surface area contributed by atoms with Gasteiger partial charge in [-0.2, -0.15) is 0 Å². The third-order valence-electron chi connectivity index (χ3n) is 3.74. The highest BCUT2D eigenvalue weighted by Crippen LogP contribution is 2.34. The van der Waals surface area contributed by atoms with Crippen LogP contribution in [0.1, 0.15) is 22.7 Å². The number of hydrogen-bond donors (Lipinski definition) is 1. The molecule has 0 spiro atoms. The molecule has 0 unspecified atom stereocenters. The van der Waals surface area contributed by atoms with Crippen LogP contribution in [-0.2, 0) is 11.2 Å². The minimum atomic E-state index is -0.788. The van der Waals surface area contributed by atoms with Crippen LogP contribution in [0.5, 0.6) is 0 Å². The van der Waals surface area contributed by atoms with Crippen LogP contribution < -0.4 is 0 Å². The standard InChI is InChI=1S/C16H16N2O2/c19-15(20)11-18-10-7-12-3-1-2-4-14(12)16(18)13-5-8-17-9-6-13/h1-6,8-9,16H,7,10-11H2,(H,19,20)/t16-/m1/s1. The van der Waals surface area contributed by atoms with E-state index >= 15 is 0 Å². The minimum Gasteiger partial charge on any atom is -0.480 e. The summed E-state index contributed by atoms with van der Waals surface area (Å²) in [7, 11) is 0. The van der Waals surface area contributed by atoms with Crippen LogP contribution >= 0.6 is 0 Å². The van der Waals surface area contributed by atoms with Crippen LogP contribution in [0.2, 0.25) is 0 Å². The van der Waals surface area contributed by atoms with Crippen molar-refractivity contribution in [1.29, 1.82) is 0 Å². The van der Waals surface area contributed by atoms with E-state index in [-0.39, 0.29) is 12.6 Å². The molecule has 0 radical (unpaired) electrons. The van der Waals surface area contributed by atoms with Crippen molar-refractivity contribution in [2.45, 2.75) is 12.5 Å². The van der Waals surface area contributed by atoms with Gasteiger partial charge in [0.05, 0.1) is 12.6 Å². The van der Waals surface area contributed by atoms with E-state index in [2.05, 4.69) is 17.1 Å². The van der Waals surface area contributed by atoms with Crippen molar-refractivity contribution in [3.8, 4) is 0 Å². The third kappa shape index (κ3) is 2.42. The lowest BCUT2D eigenvalue weighted by Gasteiger charge is -2.36. The number of pyridine rings is 1. The first-order valence-electron chi connectivity index (χ1n) is 6.69. The molecule has 1 aliphatic rings. The molecule has 0 bridgehead atoms. The Labute approximate surface area is 117 Å². The van der Waals surface area contributed by atoms with Gasteiger partial charge in [0.15, 0.2) is 0 Å². The van der Waals surface area contributed by atoms with Gasteiger partial charge in [-0.3, -0.25) is 14.7 Å². The van der Waals surface area contributed by atoms with Crippen molar-refractivity contribution >= 4 is 5.97 Å². The molecule has 0 amide bonds. The first-order chi connectivity index (χ1) is 9.75. The van der Waals surface area contributed by atoms with Gasteiger partial charge < -0.3 is 5.11 Å². The van der Waals surface area contributed by atoms with Crippen LogP contribution in [0.4, 0.5) is 0 Å². The largest absolute Gasteiger partial charge is 0.480 e. The number of hydrogen-bond acceptors (Lipinski definition) is 3. The number of aliphatic carboxylic acids is 1. The first kappa shape index (κ1) is 12.8. The van der Waals surface area contributed by atoms with E-state index in [0.29, 0.717) is 0 Å². The van der Waals surface area contributed by atoms with Gasteiger partial charge in [-0.1, -0.05) is 24.3 Å². The fourth-order valence-corrected chi connectivity index (χ4v) is 2.90. The van der Waals surface area contributed by atoms with Crippen LogP contribution in [-0.4, -0.2) is 34.0 Å². The Balaban J connectivity index is 2.05. The zero-order valence-electron chi connectivity index (χ0n) is 11.1. The normalized spacial score (nSPS) is 18.5. The van der Waals surface area contributed by atoms with E-state index in [1.807, 2.05) is 29.2 Å². The van der Waals surface area contributed by atoms with Gasteiger partial charge in [0, 0.05) is 18.9 Å². The molecule has 1 atom stereocenters. The molecule has 1 N–H and O–H groups in total. The predicted octanol–water partition coefficient (Wildman–Crippen LogP) is 2.11. The maximum atomic E-state index is 11.1. The lowest BCUT2D eigenvalue weighted by Crippen LogP contribution is -2.39. The number of carboxylic acids is 1. The molecule has 0 saturated carbocycles. The fourth-order valence-electron chi connectivity index (χ4n) is 2.90. The molecular weight excluding hydrogens is 252 g/mol. The van der Waals surface area contributed by atoms with Crippen molar-refractivity contribution in [2.24, 2.45) is 0 Å². The zero-order valence-corrected chi connectivity index (χ0v) is 11.1.